The van der Waals surface area contributed by atoms with Crippen LogP contribution in [0.3, 0.4) is 0 Å². The van der Waals surface area contributed by atoms with Crippen molar-refractivity contribution in [2.75, 3.05) is 19.1 Å². The number of anilines is 1. The molecule has 0 saturated heterocycles. The number of carbonyl (C=O) groups is 2. The average Bonchev–Trinajstić information content (AvgIpc) is 2.77. The van der Waals surface area contributed by atoms with Gasteiger partial charge in [0.05, 0.1) is 19.8 Å². The number of amides is 1. The summed E-state index contributed by atoms with van der Waals surface area (Å²) in [4.78, 5) is 27.5. The number of carbonyl (C=O) groups excluding carboxylic acids is 2. The molecular weight excluding hydrogens is 423 g/mol. The Kier molecular flexibility index (Phi) is 5.71. The molecule has 8 heteroatoms. The van der Waals surface area contributed by atoms with Crippen LogP contribution in [0.1, 0.15) is 42.7 Å². The minimum Gasteiger partial charge on any atom is -0.497 e. The molecule has 1 heterocycles. The van der Waals surface area contributed by atoms with Gasteiger partial charge >= 0.3 is 6.18 Å². The van der Waals surface area contributed by atoms with Gasteiger partial charge in [-0.1, -0.05) is 12.1 Å². The van der Waals surface area contributed by atoms with Gasteiger partial charge < -0.3 is 9.47 Å². The molecule has 1 amide bonds. The van der Waals surface area contributed by atoms with Crippen LogP contribution >= 0.6 is 0 Å². The molecule has 4 rings (SSSR count). The lowest BCUT2D eigenvalue weighted by Gasteiger charge is -2.38. The third-order valence-corrected chi connectivity index (χ3v) is 5.92. The molecule has 0 bridgehead atoms. The molecule has 1 atom stereocenters. The van der Waals surface area contributed by atoms with Gasteiger partial charge in [0.1, 0.15) is 11.5 Å². The first kappa shape index (κ1) is 21.9. The number of alkyl halides is 3. The standard InChI is InChI=1S/C24H22F3NO4/c1-31-16-9-10-17(21(12-16)32-2)18-13-22(30)28(19-7-4-8-20(29)23(18)19)15-6-3-5-14(11-15)24(25,26)27/h3,5-6,9-12,18H,4,7-8,13H2,1-2H3/t18-/m1/s1. The normalized spacial score (nSPS) is 19.2. The highest BCUT2D eigenvalue weighted by atomic mass is 19.4. The van der Waals surface area contributed by atoms with Gasteiger partial charge in [-0.15, -0.1) is 0 Å². The van der Waals surface area contributed by atoms with E-state index < -0.39 is 17.7 Å². The van der Waals surface area contributed by atoms with Crippen LogP contribution in [0.5, 0.6) is 11.5 Å². The molecule has 1 aliphatic carbocycles. The lowest BCUT2D eigenvalue weighted by molar-refractivity contribution is -0.137. The van der Waals surface area contributed by atoms with Gasteiger partial charge in [-0.3, -0.25) is 14.5 Å². The van der Waals surface area contributed by atoms with Gasteiger partial charge in [-0.25, -0.2) is 0 Å². The highest BCUT2D eigenvalue weighted by Crippen LogP contribution is 2.46. The topological polar surface area (TPSA) is 55.8 Å². The van der Waals surface area contributed by atoms with E-state index in [2.05, 4.69) is 0 Å². The molecule has 2 aliphatic rings. The second-order valence-corrected chi connectivity index (χ2v) is 7.78. The summed E-state index contributed by atoms with van der Waals surface area (Å²) in [5.41, 5.74) is 0.891. The van der Waals surface area contributed by atoms with E-state index in [0.717, 1.165) is 12.1 Å². The molecule has 0 saturated carbocycles. The van der Waals surface area contributed by atoms with Crippen molar-refractivity contribution >= 4 is 17.4 Å². The maximum atomic E-state index is 13.3. The summed E-state index contributed by atoms with van der Waals surface area (Å²) in [6.07, 6.45) is -3.29. The second kappa shape index (κ2) is 8.33. The van der Waals surface area contributed by atoms with Gasteiger partial charge in [0.25, 0.3) is 0 Å². The fraction of sp³-hybridized carbons (Fsp3) is 0.333. The van der Waals surface area contributed by atoms with Crippen molar-refractivity contribution in [3.63, 3.8) is 0 Å². The summed E-state index contributed by atoms with van der Waals surface area (Å²) in [6.45, 7) is 0. The van der Waals surface area contributed by atoms with Crippen LogP contribution in [-0.2, 0) is 15.8 Å². The Balaban J connectivity index is 1.86. The van der Waals surface area contributed by atoms with E-state index in [1.165, 1.54) is 31.3 Å². The van der Waals surface area contributed by atoms with E-state index in [9.17, 15) is 22.8 Å². The molecule has 5 nitrogen and oxygen atoms in total. The van der Waals surface area contributed by atoms with Crippen molar-refractivity contribution in [2.24, 2.45) is 0 Å². The molecule has 32 heavy (non-hydrogen) atoms. The van der Waals surface area contributed by atoms with Crippen molar-refractivity contribution in [1.82, 2.24) is 0 Å². The fourth-order valence-corrected chi connectivity index (χ4v) is 4.49. The largest absolute Gasteiger partial charge is 0.497 e. The molecule has 0 N–H and O–H groups in total. The predicted octanol–water partition coefficient (Wildman–Crippen LogP) is 5.25. The first-order valence-corrected chi connectivity index (χ1v) is 10.2. The zero-order valence-corrected chi connectivity index (χ0v) is 17.7. The number of methoxy groups -OCH3 is 2. The third-order valence-electron chi connectivity index (χ3n) is 5.92. The molecule has 1 aliphatic heterocycles. The SMILES string of the molecule is COc1ccc([C@H]2CC(=O)N(c3cccc(C(F)(F)F)c3)C3=C2C(=O)CCC3)c(OC)c1. The Morgan fingerprint density at radius 2 is 1.78 bits per heavy atom. The molecule has 0 unspecified atom stereocenters. The lowest BCUT2D eigenvalue weighted by atomic mass is 9.76. The van der Waals surface area contributed by atoms with Crippen LogP contribution in [0.4, 0.5) is 18.9 Å². The maximum Gasteiger partial charge on any atom is 0.416 e. The summed E-state index contributed by atoms with van der Waals surface area (Å²) in [6, 6.07) is 9.84. The van der Waals surface area contributed by atoms with Crippen molar-refractivity contribution in [3.8, 4) is 11.5 Å². The van der Waals surface area contributed by atoms with Gasteiger partial charge in [0.2, 0.25) is 5.91 Å². The zero-order valence-electron chi connectivity index (χ0n) is 17.7. The van der Waals surface area contributed by atoms with Crippen LogP contribution in [0, 0.1) is 0 Å². The molecule has 2 aromatic carbocycles. The second-order valence-electron chi connectivity index (χ2n) is 7.78. The number of benzene rings is 2. The number of halogens is 3. The molecule has 0 aromatic heterocycles. The summed E-state index contributed by atoms with van der Waals surface area (Å²) in [5.74, 6) is 0.0647. The van der Waals surface area contributed by atoms with E-state index >= 15 is 0 Å². The Morgan fingerprint density at radius 3 is 2.47 bits per heavy atom. The lowest BCUT2D eigenvalue weighted by Crippen LogP contribution is -2.40. The summed E-state index contributed by atoms with van der Waals surface area (Å²) in [5, 5.41) is 0. The fourth-order valence-electron chi connectivity index (χ4n) is 4.49. The van der Waals surface area contributed by atoms with Crippen LogP contribution < -0.4 is 14.4 Å². The summed E-state index contributed by atoms with van der Waals surface area (Å²) < 4.78 is 50.5. The maximum absolute atomic E-state index is 13.3. The minimum absolute atomic E-state index is 0.0521. The van der Waals surface area contributed by atoms with Crippen molar-refractivity contribution in [1.29, 1.82) is 0 Å². The van der Waals surface area contributed by atoms with E-state index in [1.54, 1.807) is 18.2 Å². The van der Waals surface area contributed by atoms with Crippen molar-refractivity contribution in [3.05, 3.63) is 64.9 Å². The first-order chi connectivity index (χ1) is 15.2. The van der Waals surface area contributed by atoms with Crippen molar-refractivity contribution < 1.29 is 32.2 Å². The van der Waals surface area contributed by atoms with Crippen molar-refractivity contribution in [2.45, 2.75) is 37.8 Å². The molecule has 2 aromatic rings. The quantitative estimate of drug-likeness (QED) is 0.645. The Labute approximate surface area is 183 Å². The smallest absolute Gasteiger partial charge is 0.416 e. The van der Waals surface area contributed by atoms with Crippen LogP contribution in [0.15, 0.2) is 53.7 Å². The number of ether oxygens (including phenoxy) is 2. The molecule has 0 spiro atoms. The molecular formula is C24H22F3NO4. The molecule has 168 valence electrons. The number of Topliss-reactive ketones (excluding diaryl/α,β-unsaturated/α-hetero) is 1. The highest BCUT2D eigenvalue weighted by Gasteiger charge is 2.41. The van der Waals surface area contributed by atoms with E-state index in [0.29, 0.717) is 47.6 Å². The van der Waals surface area contributed by atoms with Gasteiger partial charge in [-0.05, 0) is 37.1 Å². The minimum atomic E-state index is -4.53. The Hall–Kier alpha value is -3.29. The van der Waals surface area contributed by atoms with E-state index in [1.807, 2.05) is 0 Å². The van der Waals surface area contributed by atoms with Gasteiger partial charge in [0.15, 0.2) is 5.78 Å². The van der Waals surface area contributed by atoms with Crippen LogP contribution in [-0.4, -0.2) is 25.9 Å². The number of nitrogens with zero attached hydrogens (tertiary/aromatic N) is 1. The van der Waals surface area contributed by atoms with E-state index in [4.69, 9.17) is 9.47 Å². The average molecular weight is 445 g/mol. The summed E-state index contributed by atoms with van der Waals surface area (Å²) >= 11 is 0. The molecule has 0 radical (unpaired) electrons. The molecule has 0 fully saturated rings. The number of rotatable bonds is 4. The number of allylic oxidation sites excluding steroid dienone is 2. The number of ketones is 1. The monoisotopic (exact) mass is 445 g/mol. The van der Waals surface area contributed by atoms with Crippen LogP contribution in [0.25, 0.3) is 0 Å². The Morgan fingerprint density at radius 1 is 1.00 bits per heavy atom. The number of hydrogen-bond donors (Lipinski definition) is 0. The first-order valence-electron chi connectivity index (χ1n) is 10.2. The summed E-state index contributed by atoms with van der Waals surface area (Å²) in [7, 11) is 3.02. The van der Waals surface area contributed by atoms with Gasteiger partial charge in [-0.2, -0.15) is 13.2 Å². The predicted molar refractivity (Wildman–Crippen MR) is 112 cm³/mol. The Bertz CT molecular complexity index is 1110. The third kappa shape index (κ3) is 3.85. The number of hydrogen-bond acceptors (Lipinski definition) is 4. The van der Waals surface area contributed by atoms with Crippen LogP contribution in [0.2, 0.25) is 0 Å². The van der Waals surface area contributed by atoms with Gasteiger partial charge in [0, 0.05) is 47.3 Å². The zero-order chi connectivity index (χ0) is 23.0. The highest BCUT2D eigenvalue weighted by molar-refractivity contribution is 6.07. The van der Waals surface area contributed by atoms with E-state index in [-0.39, 0.29) is 23.8 Å².